The van der Waals surface area contributed by atoms with Crippen LogP contribution in [0.4, 0.5) is 9.59 Å². The number of aryl methyl sites for hydroxylation is 1. The Hall–Kier alpha value is -4.14. The number of hydrogen-bond acceptors (Lipinski definition) is 6. The third-order valence-corrected chi connectivity index (χ3v) is 4.97. The van der Waals surface area contributed by atoms with Crippen LogP contribution >= 0.6 is 0 Å². The summed E-state index contributed by atoms with van der Waals surface area (Å²) in [4.78, 5) is 43.2. The summed E-state index contributed by atoms with van der Waals surface area (Å²) in [7, 11) is 0. The minimum absolute atomic E-state index is 0.174. The molecule has 2 aromatic carbocycles. The first-order valence-electron chi connectivity index (χ1n) is 11.0. The van der Waals surface area contributed by atoms with Gasteiger partial charge in [0.25, 0.3) is 5.56 Å². The average Bonchev–Trinajstić information content (AvgIpc) is 2.85. The third kappa shape index (κ3) is 8.09. The molecular weight excluding hydrogens is 436 g/mol. The summed E-state index contributed by atoms with van der Waals surface area (Å²) in [5, 5.41) is 5.28. The first-order valence-corrected chi connectivity index (χ1v) is 11.0. The van der Waals surface area contributed by atoms with Crippen LogP contribution in [0, 0.1) is 6.92 Å². The molecule has 178 valence electrons. The zero-order valence-corrected chi connectivity index (χ0v) is 19.0. The molecule has 0 atom stereocenters. The number of hydrogen-bond donors (Lipinski definition) is 3. The van der Waals surface area contributed by atoms with Gasteiger partial charge < -0.3 is 25.1 Å². The number of carbonyl (C=O) groups is 2. The normalized spacial score (nSPS) is 10.4. The van der Waals surface area contributed by atoms with Gasteiger partial charge in [0, 0.05) is 31.6 Å². The number of benzene rings is 2. The molecule has 34 heavy (non-hydrogen) atoms. The Labute approximate surface area is 197 Å². The molecule has 3 rings (SSSR count). The van der Waals surface area contributed by atoms with Gasteiger partial charge in [0.1, 0.15) is 18.9 Å². The lowest BCUT2D eigenvalue weighted by Gasteiger charge is -2.10. The zero-order valence-electron chi connectivity index (χ0n) is 19.0. The summed E-state index contributed by atoms with van der Waals surface area (Å²) < 4.78 is 10.3. The Bertz CT molecular complexity index is 1130. The van der Waals surface area contributed by atoms with Crippen LogP contribution in [0.1, 0.15) is 28.2 Å². The fourth-order valence-corrected chi connectivity index (χ4v) is 3.15. The highest BCUT2D eigenvalue weighted by Crippen LogP contribution is 2.03. The molecule has 1 heterocycles. The predicted octanol–water partition coefficient (Wildman–Crippen LogP) is 3.02. The van der Waals surface area contributed by atoms with E-state index in [-0.39, 0.29) is 31.7 Å². The fourth-order valence-electron chi connectivity index (χ4n) is 3.15. The highest BCUT2D eigenvalue weighted by Gasteiger charge is 2.10. The molecule has 0 aliphatic carbocycles. The Kier molecular flexibility index (Phi) is 9.21. The molecule has 0 saturated carbocycles. The minimum atomic E-state index is -0.557. The molecule has 9 nitrogen and oxygen atoms in total. The Morgan fingerprint density at radius 2 is 1.32 bits per heavy atom. The van der Waals surface area contributed by atoms with Gasteiger partial charge in [0.2, 0.25) is 0 Å². The summed E-state index contributed by atoms with van der Waals surface area (Å²) in [6.07, 6.45) is -0.419. The van der Waals surface area contributed by atoms with Gasteiger partial charge in [-0.1, -0.05) is 60.7 Å². The molecule has 0 radical (unpaired) electrons. The van der Waals surface area contributed by atoms with Gasteiger partial charge in [0.15, 0.2) is 0 Å². The Morgan fingerprint density at radius 1 is 0.824 bits per heavy atom. The van der Waals surface area contributed by atoms with Crippen LogP contribution in [0.3, 0.4) is 0 Å². The molecule has 0 unspecified atom stereocenters. The SMILES string of the molecule is Cc1nc(CCNC(=O)OCc2ccccc2)c(=O)[nH]c1CCNC(=O)OCc1ccccc1. The number of aromatic nitrogens is 2. The van der Waals surface area contributed by atoms with Gasteiger partial charge in [0.05, 0.1) is 5.69 Å². The van der Waals surface area contributed by atoms with E-state index in [1.54, 1.807) is 6.92 Å². The van der Waals surface area contributed by atoms with Gasteiger partial charge in [-0.2, -0.15) is 0 Å². The monoisotopic (exact) mass is 464 g/mol. The molecule has 0 aliphatic heterocycles. The van der Waals surface area contributed by atoms with Gasteiger partial charge >= 0.3 is 12.2 Å². The summed E-state index contributed by atoms with van der Waals surface area (Å²) in [5.74, 6) is 0. The number of H-pyrrole nitrogens is 1. The van der Waals surface area contributed by atoms with Crippen molar-refractivity contribution in [3.05, 3.63) is 99.2 Å². The van der Waals surface area contributed by atoms with Gasteiger partial charge in [-0.25, -0.2) is 9.59 Å². The quantitative estimate of drug-likeness (QED) is 0.424. The van der Waals surface area contributed by atoms with E-state index in [9.17, 15) is 14.4 Å². The maximum atomic E-state index is 12.4. The number of nitrogens with one attached hydrogen (secondary N) is 3. The molecule has 0 aliphatic rings. The van der Waals surface area contributed by atoms with Crippen molar-refractivity contribution in [2.45, 2.75) is 33.0 Å². The van der Waals surface area contributed by atoms with Crippen molar-refractivity contribution >= 4 is 12.2 Å². The highest BCUT2D eigenvalue weighted by atomic mass is 16.6. The van der Waals surface area contributed by atoms with E-state index in [0.717, 1.165) is 11.1 Å². The lowest BCUT2D eigenvalue weighted by Crippen LogP contribution is -2.30. The minimum Gasteiger partial charge on any atom is -0.445 e. The molecule has 0 fully saturated rings. The van der Waals surface area contributed by atoms with E-state index < -0.39 is 12.2 Å². The van der Waals surface area contributed by atoms with E-state index in [0.29, 0.717) is 30.0 Å². The largest absolute Gasteiger partial charge is 0.445 e. The van der Waals surface area contributed by atoms with Gasteiger partial charge in [-0.3, -0.25) is 9.78 Å². The standard InChI is InChI=1S/C25H28N4O5/c1-18-21(12-14-26-24(31)33-16-19-8-4-2-5-9-19)29-23(30)22(28-18)13-15-27-25(32)34-17-20-10-6-3-7-11-20/h2-11H,12-17H2,1H3,(H,26,31)(H,27,32)(H,29,30). The van der Waals surface area contributed by atoms with Crippen molar-refractivity contribution in [2.75, 3.05) is 13.1 Å². The number of nitrogens with zero attached hydrogens (tertiary/aromatic N) is 1. The predicted molar refractivity (Wildman–Crippen MR) is 126 cm³/mol. The Morgan fingerprint density at radius 3 is 1.85 bits per heavy atom. The smallest absolute Gasteiger partial charge is 0.407 e. The van der Waals surface area contributed by atoms with Crippen LogP contribution in [0.5, 0.6) is 0 Å². The van der Waals surface area contributed by atoms with Crippen molar-refractivity contribution < 1.29 is 19.1 Å². The van der Waals surface area contributed by atoms with Crippen LogP contribution in [0.25, 0.3) is 0 Å². The van der Waals surface area contributed by atoms with Crippen LogP contribution in [-0.2, 0) is 35.5 Å². The molecular formula is C25H28N4O5. The topological polar surface area (TPSA) is 122 Å². The van der Waals surface area contributed by atoms with Gasteiger partial charge in [-0.05, 0) is 18.1 Å². The third-order valence-electron chi connectivity index (χ3n) is 4.97. The van der Waals surface area contributed by atoms with E-state index in [2.05, 4.69) is 20.6 Å². The summed E-state index contributed by atoms with van der Waals surface area (Å²) in [6.45, 7) is 2.65. The molecule has 1 aromatic heterocycles. The van der Waals surface area contributed by atoms with Crippen LogP contribution in [0.2, 0.25) is 0 Å². The van der Waals surface area contributed by atoms with E-state index in [1.807, 2.05) is 60.7 Å². The molecule has 9 heteroatoms. The van der Waals surface area contributed by atoms with Crippen LogP contribution < -0.4 is 16.2 Å². The lowest BCUT2D eigenvalue weighted by atomic mass is 10.2. The van der Waals surface area contributed by atoms with Crippen molar-refractivity contribution in [1.82, 2.24) is 20.6 Å². The first kappa shape index (κ1) is 24.5. The van der Waals surface area contributed by atoms with E-state index >= 15 is 0 Å². The number of alkyl carbamates (subject to hydrolysis) is 2. The molecule has 0 bridgehead atoms. The second-order valence-corrected chi connectivity index (χ2v) is 7.55. The van der Waals surface area contributed by atoms with Crippen molar-refractivity contribution in [2.24, 2.45) is 0 Å². The first-order chi connectivity index (χ1) is 16.5. The maximum absolute atomic E-state index is 12.4. The summed E-state index contributed by atoms with van der Waals surface area (Å²) >= 11 is 0. The molecule has 0 spiro atoms. The number of amides is 2. The van der Waals surface area contributed by atoms with Crippen molar-refractivity contribution in [1.29, 1.82) is 0 Å². The summed E-state index contributed by atoms with van der Waals surface area (Å²) in [6, 6.07) is 18.7. The second-order valence-electron chi connectivity index (χ2n) is 7.55. The summed E-state index contributed by atoms with van der Waals surface area (Å²) in [5.41, 5.74) is 3.07. The molecule has 3 aromatic rings. The average molecular weight is 465 g/mol. The van der Waals surface area contributed by atoms with Crippen molar-refractivity contribution in [3.63, 3.8) is 0 Å². The fraction of sp³-hybridized carbons (Fsp3) is 0.280. The molecule has 0 saturated heterocycles. The number of aromatic amines is 1. The van der Waals surface area contributed by atoms with E-state index in [1.165, 1.54) is 0 Å². The number of rotatable bonds is 10. The molecule has 2 amide bonds. The van der Waals surface area contributed by atoms with E-state index in [4.69, 9.17) is 9.47 Å². The van der Waals surface area contributed by atoms with Gasteiger partial charge in [-0.15, -0.1) is 0 Å². The van der Waals surface area contributed by atoms with Crippen molar-refractivity contribution in [3.8, 4) is 0 Å². The maximum Gasteiger partial charge on any atom is 0.407 e. The number of ether oxygens (including phenoxy) is 2. The lowest BCUT2D eigenvalue weighted by molar-refractivity contribution is 0.139. The second kappa shape index (κ2) is 12.8. The van der Waals surface area contributed by atoms with Crippen LogP contribution in [-0.4, -0.2) is 35.2 Å². The highest BCUT2D eigenvalue weighted by molar-refractivity contribution is 5.67. The Balaban J connectivity index is 1.38. The van der Waals surface area contributed by atoms with Crippen LogP contribution in [0.15, 0.2) is 65.5 Å². The number of carbonyl (C=O) groups excluding carboxylic acids is 2. The zero-order chi connectivity index (χ0) is 24.2. The molecule has 3 N–H and O–H groups in total.